The van der Waals surface area contributed by atoms with Crippen molar-refractivity contribution < 1.29 is 0 Å². The maximum atomic E-state index is 2.38. The van der Waals surface area contributed by atoms with Crippen molar-refractivity contribution in [1.82, 2.24) is 9.47 Å². The summed E-state index contributed by atoms with van der Waals surface area (Å²) in [5.41, 5.74) is 2.82. The molecule has 0 atom stereocenters. The molecule has 0 spiro atoms. The summed E-state index contributed by atoms with van der Waals surface area (Å²) in [6.07, 6.45) is 3.44. The molecule has 0 saturated heterocycles. The molecule has 2 nitrogen and oxygen atoms in total. The lowest BCUT2D eigenvalue weighted by Crippen LogP contribution is -2.14. The Hall–Kier alpha value is -1.28. The quantitative estimate of drug-likeness (QED) is 0.782. The fraction of sp³-hybridized carbons (Fsp3) is 0.467. The molecular formula is C15H22N2. The third kappa shape index (κ3) is 2.52. The molecule has 2 heteroatoms. The Morgan fingerprint density at radius 1 is 1.18 bits per heavy atom. The minimum absolute atomic E-state index is 0.521. The molecule has 0 aliphatic heterocycles. The zero-order valence-corrected chi connectivity index (χ0v) is 11.3. The molecule has 0 bridgehead atoms. The summed E-state index contributed by atoms with van der Waals surface area (Å²) in [5.74, 6) is 0. The molecule has 0 saturated carbocycles. The van der Waals surface area contributed by atoms with Gasteiger partial charge in [-0.3, -0.25) is 0 Å². The van der Waals surface area contributed by atoms with Crippen LogP contribution in [-0.2, 0) is 6.42 Å². The van der Waals surface area contributed by atoms with E-state index in [-0.39, 0.29) is 0 Å². The van der Waals surface area contributed by atoms with Crippen molar-refractivity contribution in [3.63, 3.8) is 0 Å². The van der Waals surface area contributed by atoms with E-state index in [1.807, 2.05) is 0 Å². The largest absolute Gasteiger partial charge is 0.345 e. The van der Waals surface area contributed by atoms with Gasteiger partial charge in [0.05, 0.1) is 0 Å². The monoisotopic (exact) mass is 230 g/mol. The topological polar surface area (TPSA) is 8.17 Å². The Labute approximate surface area is 104 Å². The van der Waals surface area contributed by atoms with E-state index in [0.717, 1.165) is 13.0 Å². The maximum Gasteiger partial charge on any atom is 0.0485 e. The molecule has 1 aromatic carbocycles. The zero-order valence-electron chi connectivity index (χ0n) is 11.3. The van der Waals surface area contributed by atoms with Gasteiger partial charge in [0, 0.05) is 29.7 Å². The average Bonchev–Trinajstić information content (AvgIpc) is 2.65. The van der Waals surface area contributed by atoms with E-state index in [1.54, 1.807) is 0 Å². The van der Waals surface area contributed by atoms with Crippen LogP contribution in [0.2, 0.25) is 0 Å². The SMILES string of the molecule is CC(C)n1cc(CCN(C)C)c2ccccc21. The van der Waals surface area contributed by atoms with E-state index in [9.17, 15) is 0 Å². The van der Waals surface area contributed by atoms with Gasteiger partial charge in [-0.15, -0.1) is 0 Å². The Kier molecular flexibility index (Phi) is 3.53. The second kappa shape index (κ2) is 4.92. The van der Waals surface area contributed by atoms with Crippen molar-refractivity contribution in [3.8, 4) is 0 Å². The summed E-state index contributed by atoms with van der Waals surface area (Å²) in [7, 11) is 4.25. The molecule has 92 valence electrons. The van der Waals surface area contributed by atoms with Crippen molar-refractivity contribution in [2.24, 2.45) is 0 Å². The minimum Gasteiger partial charge on any atom is -0.345 e. The predicted octanol–water partition coefficient (Wildman–Crippen LogP) is 3.33. The fourth-order valence-electron chi connectivity index (χ4n) is 2.25. The number of likely N-dealkylation sites (N-methyl/N-ethyl adjacent to an activating group) is 1. The number of nitrogens with zero attached hydrogens (tertiary/aromatic N) is 2. The van der Waals surface area contributed by atoms with Gasteiger partial charge in [-0.05, 0) is 46.0 Å². The van der Waals surface area contributed by atoms with Gasteiger partial charge in [0.25, 0.3) is 0 Å². The molecule has 0 amide bonds. The van der Waals surface area contributed by atoms with E-state index in [2.05, 4.69) is 67.9 Å². The van der Waals surface area contributed by atoms with Gasteiger partial charge in [0.2, 0.25) is 0 Å². The summed E-state index contributed by atoms with van der Waals surface area (Å²) < 4.78 is 2.38. The van der Waals surface area contributed by atoms with Crippen LogP contribution in [0.25, 0.3) is 10.9 Å². The summed E-state index contributed by atoms with van der Waals surface area (Å²) in [6.45, 7) is 5.58. The summed E-state index contributed by atoms with van der Waals surface area (Å²) >= 11 is 0. The zero-order chi connectivity index (χ0) is 12.4. The van der Waals surface area contributed by atoms with E-state index in [0.29, 0.717) is 6.04 Å². The summed E-state index contributed by atoms with van der Waals surface area (Å²) in [5, 5.41) is 1.41. The molecule has 1 aromatic heterocycles. The lowest BCUT2D eigenvalue weighted by molar-refractivity contribution is 0.414. The maximum absolute atomic E-state index is 2.38. The third-order valence-electron chi connectivity index (χ3n) is 3.21. The molecule has 0 unspecified atom stereocenters. The van der Waals surface area contributed by atoms with Crippen molar-refractivity contribution in [1.29, 1.82) is 0 Å². The number of para-hydroxylation sites is 1. The second-order valence-corrected chi connectivity index (χ2v) is 5.23. The smallest absolute Gasteiger partial charge is 0.0485 e. The number of benzene rings is 1. The highest BCUT2D eigenvalue weighted by Crippen LogP contribution is 2.24. The first-order valence-electron chi connectivity index (χ1n) is 6.32. The highest BCUT2D eigenvalue weighted by Gasteiger charge is 2.09. The molecule has 1 heterocycles. The van der Waals surface area contributed by atoms with Gasteiger partial charge in [-0.1, -0.05) is 18.2 Å². The van der Waals surface area contributed by atoms with Crippen LogP contribution < -0.4 is 0 Å². The molecule has 0 aliphatic rings. The van der Waals surface area contributed by atoms with Crippen LogP contribution in [0.15, 0.2) is 30.5 Å². The van der Waals surface area contributed by atoms with Crippen molar-refractivity contribution >= 4 is 10.9 Å². The van der Waals surface area contributed by atoms with Crippen LogP contribution in [0.5, 0.6) is 0 Å². The van der Waals surface area contributed by atoms with Gasteiger partial charge in [0.1, 0.15) is 0 Å². The van der Waals surface area contributed by atoms with Gasteiger partial charge >= 0.3 is 0 Å². The van der Waals surface area contributed by atoms with Crippen LogP contribution in [0.4, 0.5) is 0 Å². The molecule has 2 aromatic rings. The molecule has 0 radical (unpaired) electrons. The predicted molar refractivity (Wildman–Crippen MR) is 74.6 cm³/mol. The van der Waals surface area contributed by atoms with E-state index in [1.165, 1.54) is 16.5 Å². The summed E-state index contributed by atoms with van der Waals surface area (Å²) in [6, 6.07) is 9.23. The van der Waals surface area contributed by atoms with Crippen LogP contribution in [0.1, 0.15) is 25.5 Å². The van der Waals surface area contributed by atoms with Crippen molar-refractivity contribution in [2.45, 2.75) is 26.3 Å². The van der Waals surface area contributed by atoms with E-state index in [4.69, 9.17) is 0 Å². The second-order valence-electron chi connectivity index (χ2n) is 5.23. The van der Waals surface area contributed by atoms with Gasteiger partial charge < -0.3 is 9.47 Å². The van der Waals surface area contributed by atoms with Gasteiger partial charge in [0.15, 0.2) is 0 Å². The standard InChI is InChI=1S/C15H22N2/c1-12(2)17-11-13(9-10-16(3)4)14-7-5-6-8-15(14)17/h5-8,11-12H,9-10H2,1-4H3. The van der Waals surface area contributed by atoms with Crippen LogP contribution in [0, 0.1) is 0 Å². The lowest BCUT2D eigenvalue weighted by atomic mass is 10.1. The first kappa shape index (κ1) is 12.2. The van der Waals surface area contributed by atoms with Crippen LogP contribution in [-0.4, -0.2) is 30.1 Å². The fourth-order valence-corrected chi connectivity index (χ4v) is 2.25. The highest BCUT2D eigenvalue weighted by molar-refractivity contribution is 5.84. The Morgan fingerprint density at radius 3 is 2.53 bits per heavy atom. The molecular weight excluding hydrogens is 208 g/mol. The Bertz CT molecular complexity index is 495. The number of fused-ring (bicyclic) bond motifs is 1. The molecule has 0 aliphatic carbocycles. The number of aromatic nitrogens is 1. The number of hydrogen-bond donors (Lipinski definition) is 0. The van der Waals surface area contributed by atoms with Crippen LogP contribution >= 0.6 is 0 Å². The molecule has 0 fully saturated rings. The minimum atomic E-state index is 0.521. The lowest BCUT2D eigenvalue weighted by Gasteiger charge is -2.09. The van der Waals surface area contributed by atoms with Gasteiger partial charge in [-0.25, -0.2) is 0 Å². The first-order chi connectivity index (χ1) is 8.09. The highest BCUT2D eigenvalue weighted by atomic mass is 15.0. The first-order valence-corrected chi connectivity index (χ1v) is 6.32. The summed E-state index contributed by atoms with van der Waals surface area (Å²) in [4.78, 5) is 2.24. The van der Waals surface area contributed by atoms with E-state index >= 15 is 0 Å². The Balaban J connectivity index is 2.42. The van der Waals surface area contributed by atoms with Crippen molar-refractivity contribution in [2.75, 3.05) is 20.6 Å². The molecule has 0 N–H and O–H groups in total. The molecule has 17 heavy (non-hydrogen) atoms. The number of hydrogen-bond acceptors (Lipinski definition) is 1. The number of rotatable bonds is 4. The third-order valence-corrected chi connectivity index (χ3v) is 3.21. The van der Waals surface area contributed by atoms with Crippen molar-refractivity contribution in [3.05, 3.63) is 36.0 Å². The van der Waals surface area contributed by atoms with E-state index < -0.39 is 0 Å². The van der Waals surface area contributed by atoms with Crippen LogP contribution in [0.3, 0.4) is 0 Å². The average molecular weight is 230 g/mol. The Morgan fingerprint density at radius 2 is 1.88 bits per heavy atom. The van der Waals surface area contributed by atoms with Gasteiger partial charge in [-0.2, -0.15) is 0 Å². The normalized spacial score (nSPS) is 11.9. The molecule has 2 rings (SSSR count).